The second-order valence-electron chi connectivity index (χ2n) is 9.08. The van der Waals surface area contributed by atoms with Crippen LogP contribution in [0.3, 0.4) is 0 Å². The smallest absolute Gasteiger partial charge is 0.345 e. The van der Waals surface area contributed by atoms with Gasteiger partial charge in [-0.3, -0.25) is 14.3 Å². The summed E-state index contributed by atoms with van der Waals surface area (Å²) in [7, 11) is 0. The highest BCUT2D eigenvalue weighted by atomic mass is 16.2. The van der Waals surface area contributed by atoms with Crippen LogP contribution in [-0.4, -0.2) is 44.8 Å². The van der Waals surface area contributed by atoms with E-state index in [4.69, 9.17) is 0 Å². The summed E-state index contributed by atoms with van der Waals surface area (Å²) in [5.74, 6) is 1.49. The Bertz CT molecular complexity index is 955. The zero-order valence-corrected chi connectivity index (χ0v) is 18.8. The van der Waals surface area contributed by atoms with Crippen molar-refractivity contribution in [1.29, 1.82) is 0 Å². The molecule has 1 atom stereocenters. The molecule has 1 saturated heterocycles. The van der Waals surface area contributed by atoms with Gasteiger partial charge >= 0.3 is 5.69 Å². The first-order chi connectivity index (χ1) is 15.0. The second-order valence-corrected chi connectivity index (χ2v) is 9.08. The Hall–Kier alpha value is -2.41. The SMILES string of the molecule is CCn1nc2n(c1=O)CCC(C(=O)NCC1CCN(Cc3ccccc3C)CC1)CC2. The molecular weight excluding hydrogens is 390 g/mol. The molecule has 0 spiro atoms. The number of benzene rings is 1. The van der Waals surface area contributed by atoms with Gasteiger partial charge in [0.2, 0.25) is 5.91 Å². The molecule has 1 aromatic heterocycles. The van der Waals surface area contributed by atoms with E-state index in [2.05, 4.69) is 46.5 Å². The molecule has 2 aliphatic rings. The molecule has 2 aliphatic heterocycles. The predicted octanol–water partition coefficient (Wildman–Crippen LogP) is 2.35. The number of carbonyl (C=O) groups excluding carboxylic acids is 1. The lowest BCUT2D eigenvalue weighted by Gasteiger charge is -2.32. The van der Waals surface area contributed by atoms with Crippen molar-refractivity contribution in [3.8, 4) is 0 Å². The van der Waals surface area contributed by atoms with Crippen LogP contribution < -0.4 is 11.0 Å². The van der Waals surface area contributed by atoms with Crippen LogP contribution in [0.25, 0.3) is 0 Å². The van der Waals surface area contributed by atoms with Crippen molar-refractivity contribution in [2.75, 3.05) is 19.6 Å². The third kappa shape index (κ3) is 5.09. The third-order valence-corrected chi connectivity index (χ3v) is 7.01. The van der Waals surface area contributed by atoms with Gasteiger partial charge in [0, 0.05) is 38.5 Å². The molecule has 1 aromatic carbocycles. The average Bonchev–Trinajstić information content (AvgIpc) is 2.95. The maximum absolute atomic E-state index is 12.8. The van der Waals surface area contributed by atoms with Gasteiger partial charge in [-0.2, -0.15) is 5.10 Å². The number of rotatable bonds is 6. The Morgan fingerprint density at radius 3 is 2.65 bits per heavy atom. The van der Waals surface area contributed by atoms with Crippen molar-refractivity contribution in [2.24, 2.45) is 11.8 Å². The summed E-state index contributed by atoms with van der Waals surface area (Å²) in [5, 5.41) is 7.62. The summed E-state index contributed by atoms with van der Waals surface area (Å²) in [4.78, 5) is 27.6. The Balaban J connectivity index is 1.21. The standard InChI is InChI=1S/C24H35N5O2/c1-3-29-24(31)28-15-12-20(8-9-22(28)26-29)23(30)25-16-19-10-13-27(14-11-19)17-21-7-5-4-6-18(21)2/h4-7,19-20H,3,8-17H2,1-2H3,(H,25,30). The van der Waals surface area contributed by atoms with Crippen LogP contribution in [0.5, 0.6) is 0 Å². The number of aromatic nitrogens is 3. The fraction of sp³-hybridized carbons (Fsp3) is 0.625. The second kappa shape index (κ2) is 9.81. The van der Waals surface area contributed by atoms with E-state index >= 15 is 0 Å². The number of aryl methyl sites for hydroxylation is 3. The number of hydrogen-bond acceptors (Lipinski definition) is 4. The lowest BCUT2D eigenvalue weighted by atomic mass is 9.95. The van der Waals surface area contributed by atoms with Crippen LogP contribution >= 0.6 is 0 Å². The zero-order valence-electron chi connectivity index (χ0n) is 18.8. The first-order valence-electron chi connectivity index (χ1n) is 11.8. The highest BCUT2D eigenvalue weighted by molar-refractivity contribution is 5.78. The molecule has 0 radical (unpaired) electrons. The molecule has 7 nitrogen and oxygen atoms in total. The van der Waals surface area contributed by atoms with Gasteiger partial charge in [0.25, 0.3) is 0 Å². The van der Waals surface area contributed by atoms with Gasteiger partial charge in [-0.15, -0.1) is 0 Å². The van der Waals surface area contributed by atoms with E-state index < -0.39 is 0 Å². The Labute approximate surface area is 184 Å². The molecule has 4 rings (SSSR count). The van der Waals surface area contributed by atoms with Crippen molar-refractivity contribution < 1.29 is 4.79 Å². The summed E-state index contributed by atoms with van der Waals surface area (Å²) in [6.07, 6.45) is 4.42. The molecule has 1 amide bonds. The molecule has 0 aliphatic carbocycles. The van der Waals surface area contributed by atoms with Crippen molar-refractivity contribution in [1.82, 2.24) is 24.6 Å². The fourth-order valence-corrected chi connectivity index (χ4v) is 4.86. The number of amides is 1. The molecule has 168 valence electrons. The van der Waals surface area contributed by atoms with Gasteiger partial charge in [0.15, 0.2) is 0 Å². The summed E-state index contributed by atoms with van der Waals surface area (Å²) in [6.45, 7) is 9.24. The molecule has 31 heavy (non-hydrogen) atoms. The van der Waals surface area contributed by atoms with Gasteiger partial charge in [0.1, 0.15) is 5.82 Å². The lowest BCUT2D eigenvalue weighted by molar-refractivity contribution is -0.125. The van der Waals surface area contributed by atoms with Crippen molar-refractivity contribution in [3.63, 3.8) is 0 Å². The maximum Gasteiger partial charge on any atom is 0.345 e. The van der Waals surface area contributed by atoms with Crippen LogP contribution in [0.15, 0.2) is 29.1 Å². The van der Waals surface area contributed by atoms with Crippen LogP contribution in [-0.2, 0) is 30.8 Å². The fourth-order valence-electron chi connectivity index (χ4n) is 4.86. The number of nitrogens with zero attached hydrogens (tertiary/aromatic N) is 4. The maximum atomic E-state index is 12.8. The Morgan fingerprint density at radius 1 is 1.13 bits per heavy atom. The van der Waals surface area contributed by atoms with E-state index in [1.165, 1.54) is 15.8 Å². The van der Waals surface area contributed by atoms with Gasteiger partial charge in [-0.05, 0) is 69.7 Å². The van der Waals surface area contributed by atoms with E-state index in [9.17, 15) is 9.59 Å². The monoisotopic (exact) mass is 425 g/mol. The van der Waals surface area contributed by atoms with Gasteiger partial charge in [-0.25, -0.2) is 9.48 Å². The first kappa shape index (κ1) is 21.8. The molecule has 7 heteroatoms. The molecule has 3 heterocycles. The number of piperidine rings is 1. The van der Waals surface area contributed by atoms with Crippen LogP contribution in [0.1, 0.15) is 49.6 Å². The van der Waals surface area contributed by atoms with E-state index in [0.717, 1.165) is 51.3 Å². The minimum absolute atomic E-state index is 0.0303. The summed E-state index contributed by atoms with van der Waals surface area (Å²) in [6, 6.07) is 8.61. The Morgan fingerprint density at radius 2 is 1.90 bits per heavy atom. The van der Waals surface area contributed by atoms with Crippen LogP contribution in [0, 0.1) is 18.8 Å². The van der Waals surface area contributed by atoms with Crippen molar-refractivity contribution in [2.45, 2.75) is 65.6 Å². The third-order valence-electron chi connectivity index (χ3n) is 7.01. The van der Waals surface area contributed by atoms with Gasteiger partial charge in [-0.1, -0.05) is 24.3 Å². The van der Waals surface area contributed by atoms with Crippen molar-refractivity contribution >= 4 is 5.91 Å². The normalized spacial score (nSPS) is 20.3. The summed E-state index contributed by atoms with van der Waals surface area (Å²) >= 11 is 0. The molecule has 1 unspecified atom stereocenters. The minimum atomic E-state index is -0.0454. The minimum Gasteiger partial charge on any atom is -0.356 e. The number of nitrogens with one attached hydrogen (secondary N) is 1. The predicted molar refractivity (Wildman–Crippen MR) is 121 cm³/mol. The van der Waals surface area contributed by atoms with E-state index in [1.807, 2.05) is 6.92 Å². The number of fused-ring (bicyclic) bond motifs is 1. The summed E-state index contributed by atoms with van der Waals surface area (Å²) < 4.78 is 3.27. The first-order valence-corrected chi connectivity index (χ1v) is 11.8. The highest BCUT2D eigenvalue weighted by Crippen LogP contribution is 2.21. The zero-order chi connectivity index (χ0) is 21.8. The van der Waals surface area contributed by atoms with Gasteiger partial charge in [0.05, 0.1) is 0 Å². The molecule has 0 saturated carbocycles. The van der Waals surface area contributed by atoms with Crippen molar-refractivity contribution in [3.05, 3.63) is 51.7 Å². The molecule has 0 bridgehead atoms. The lowest BCUT2D eigenvalue weighted by Crippen LogP contribution is -2.40. The number of hydrogen-bond donors (Lipinski definition) is 1. The topological polar surface area (TPSA) is 72.2 Å². The van der Waals surface area contributed by atoms with Crippen LogP contribution in [0.2, 0.25) is 0 Å². The van der Waals surface area contributed by atoms with E-state index in [1.54, 1.807) is 4.57 Å². The van der Waals surface area contributed by atoms with Crippen LogP contribution in [0.4, 0.5) is 0 Å². The van der Waals surface area contributed by atoms with E-state index in [-0.39, 0.29) is 17.5 Å². The average molecular weight is 426 g/mol. The quantitative estimate of drug-likeness (QED) is 0.771. The molecule has 1 N–H and O–H groups in total. The Kier molecular flexibility index (Phi) is 6.90. The number of likely N-dealkylation sites (tertiary alicyclic amines) is 1. The highest BCUT2D eigenvalue weighted by Gasteiger charge is 2.26. The molecular formula is C24H35N5O2. The van der Waals surface area contributed by atoms with Gasteiger partial charge < -0.3 is 5.32 Å². The summed E-state index contributed by atoms with van der Waals surface area (Å²) in [5.41, 5.74) is 2.72. The molecule has 1 fully saturated rings. The largest absolute Gasteiger partial charge is 0.356 e. The number of carbonyl (C=O) groups is 1. The molecule has 2 aromatic rings. The van der Waals surface area contributed by atoms with E-state index in [0.29, 0.717) is 31.8 Å².